The summed E-state index contributed by atoms with van der Waals surface area (Å²) < 4.78 is 5.13. The molecular weight excluding hydrogens is 783 g/mol. The van der Waals surface area contributed by atoms with Gasteiger partial charge in [-0.05, 0) is 101 Å². The Balaban J connectivity index is -0.000000120. The lowest BCUT2D eigenvalue weighted by Gasteiger charge is -2.37. The maximum Gasteiger partial charge on any atom is 0.161 e. The van der Waals surface area contributed by atoms with Gasteiger partial charge in [0.1, 0.15) is 12.9 Å². The summed E-state index contributed by atoms with van der Waals surface area (Å²) in [6.45, 7) is 45.7. The highest BCUT2D eigenvalue weighted by Crippen LogP contribution is 2.35. The van der Waals surface area contributed by atoms with E-state index in [2.05, 4.69) is 108 Å². The summed E-state index contributed by atoms with van der Waals surface area (Å²) in [5.74, 6) is 2.79. The summed E-state index contributed by atoms with van der Waals surface area (Å²) in [6, 6.07) is -0.438. The molecule has 1 unspecified atom stereocenters. The zero-order chi connectivity index (χ0) is 51.5. The zero-order valence-corrected chi connectivity index (χ0v) is 47.2. The van der Waals surface area contributed by atoms with Crippen molar-refractivity contribution in [3.63, 3.8) is 0 Å². The van der Waals surface area contributed by atoms with Crippen LogP contribution in [0.25, 0.3) is 0 Å². The van der Waals surface area contributed by atoms with E-state index >= 15 is 0 Å². The van der Waals surface area contributed by atoms with Gasteiger partial charge in [0.15, 0.2) is 11.6 Å². The number of hydrogen-bond acceptors (Lipinski definition) is 8. The Morgan fingerprint density at radius 2 is 1.29 bits per heavy atom. The third-order valence-corrected chi connectivity index (χ3v) is 11.7. The number of Topliss-reactive ketones (excluding diaryl/α,β-unsaturated/α-hetero) is 2. The summed E-state index contributed by atoms with van der Waals surface area (Å²) in [7, 11) is 2.11. The van der Waals surface area contributed by atoms with Crippen molar-refractivity contribution in [1.29, 1.82) is 0 Å². The van der Waals surface area contributed by atoms with Crippen LogP contribution in [-0.4, -0.2) is 61.5 Å². The molecule has 0 amide bonds. The second kappa shape index (κ2) is 58.6. The molecule has 2 aliphatic carbocycles. The molecule has 0 aliphatic heterocycles. The number of carbonyl (C=O) groups excluding carboxylic acids is 3. The third kappa shape index (κ3) is 48.3. The fourth-order valence-electron chi connectivity index (χ4n) is 6.02. The summed E-state index contributed by atoms with van der Waals surface area (Å²) in [6.07, 6.45) is 22.5. The van der Waals surface area contributed by atoms with Gasteiger partial charge in [0.25, 0.3) is 0 Å². The fourth-order valence-corrected chi connectivity index (χ4v) is 6.02. The predicted octanol–water partition coefficient (Wildman–Crippen LogP) is 15.0. The lowest BCUT2D eigenvalue weighted by molar-refractivity contribution is -0.129. The molecule has 63 heavy (non-hydrogen) atoms. The number of carbonyl (C=O) groups is 3. The molecule has 0 saturated heterocycles. The number of aldehydes is 1. The number of aliphatic hydroxyl groups is 1. The average molecular weight is 905 g/mol. The highest BCUT2D eigenvalue weighted by Gasteiger charge is 2.38. The van der Waals surface area contributed by atoms with Crippen LogP contribution in [0.3, 0.4) is 0 Å². The second-order valence-corrected chi connectivity index (χ2v) is 17.2. The first-order valence-electron chi connectivity index (χ1n) is 26.3. The van der Waals surface area contributed by atoms with Crippen molar-refractivity contribution in [3.8, 4) is 0 Å². The van der Waals surface area contributed by atoms with E-state index < -0.39 is 6.04 Å². The van der Waals surface area contributed by atoms with Gasteiger partial charge in [0, 0.05) is 24.0 Å². The van der Waals surface area contributed by atoms with Crippen LogP contribution in [0.5, 0.6) is 0 Å². The summed E-state index contributed by atoms with van der Waals surface area (Å²) in [5.41, 5.74) is 12.1. The summed E-state index contributed by atoms with van der Waals surface area (Å²) in [5, 5.41) is 11.0. The highest BCUT2D eigenvalue weighted by atomic mass is 16.5. The minimum absolute atomic E-state index is 0.0107. The molecule has 0 radical (unpaired) electrons. The van der Waals surface area contributed by atoms with Gasteiger partial charge in [0.05, 0.1) is 12.8 Å². The Labute approximate surface area is 397 Å². The number of nitrogens with one attached hydrogen (secondary N) is 1. The fraction of sp³-hybridized carbons (Fsp3) is 0.909. The van der Waals surface area contributed by atoms with Crippen molar-refractivity contribution >= 4 is 17.9 Å². The van der Waals surface area contributed by atoms with Crippen LogP contribution in [-0.2, 0) is 19.1 Å². The number of aliphatic hydroxyl groups excluding tert-OH is 1. The molecule has 8 nitrogen and oxygen atoms in total. The van der Waals surface area contributed by atoms with E-state index in [1.165, 1.54) is 58.3 Å². The Bertz CT molecular complexity index is 900. The van der Waals surface area contributed by atoms with Crippen LogP contribution in [0.4, 0.5) is 0 Å². The molecule has 2 aliphatic rings. The second-order valence-electron chi connectivity index (χ2n) is 17.2. The van der Waals surface area contributed by atoms with E-state index in [9.17, 15) is 9.59 Å². The molecule has 386 valence electrons. The minimum atomic E-state index is -0.438. The molecular formula is C55H121N3O5. The molecule has 2 rings (SSSR count). The van der Waals surface area contributed by atoms with Crippen LogP contribution in [0.15, 0.2) is 12.2 Å². The first kappa shape index (κ1) is 78.7. The molecule has 0 bridgehead atoms. The van der Waals surface area contributed by atoms with Crippen molar-refractivity contribution in [3.05, 3.63) is 12.2 Å². The van der Waals surface area contributed by atoms with Gasteiger partial charge < -0.3 is 31.4 Å². The maximum absolute atomic E-state index is 13.1. The number of nitrogens with two attached hydrogens (primary N) is 2. The molecule has 1 saturated carbocycles. The van der Waals surface area contributed by atoms with Crippen molar-refractivity contribution in [2.75, 3.05) is 27.0 Å². The number of ether oxygens (including phenoxy) is 1. The third-order valence-electron chi connectivity index (χ3n) is 11.7. The molecule has 0 aromatic rings. The zero-order valence-electron chi connectivity index (χ0n) is 47.2. The van der Waals surface area contributed by atoms with Gasteiger partial charge in [-0.3, -0.25) is 9.59 Å². The average Bonchev–Trinajstić information content (AvgIpc) is 3.31. The number of ketones is 2. The minimum Gasteiger partial charge on any atom is -0.397 e. The van der Waals surface area contributed by atoms with Crippen LogP contribution in [0.2, 0.25) is 0 Å². The van der Waals surface area contributed by atoms with Gasteiger partial charge in [-0.15, -0.1) is 0 Å². The van der Waals surface area contributed by atoms with Gasteiger partial charge >= 0.3 is 0 Å². The van der Waals surface area contributed by atoms with Gasteiger partial charge in [-0.1, -0.05) is 196 Å². The molecule has 1 fully saturated rings. The van der Waals surface area contributed by atoms with E-state index in [0.29, 0.717) is 17.4 Å². The summed E-state index contributed by atoms with van der Waals surface area (Å²) >= 11 is 0. The van der Waals surface area contributed by atoms with E-state index in [4.69, 9.17) is 26.1 Å². The largest absolute Gasteiger partial charge is 0.397 e. The predicted molar refractivity (Wildman–Crippen MR) is 285 cm³/mol. The Morgan fingerprint density at radius 3 is 1.60 bits per heavy atom. The lowest BCUT2D eigenvalue weighted by atomic mass is 9.69. The smallest absolute Gasteiger partial charge is 0.161 e. The van der Waals surface area contributed by atoms with Crippen LogP contribution in [0.1, 0.15) is 249 Å². The van der Waals surface area contributed by atoms with Crippen molar-refractivity contribution in [1.82, 2.24) is 5.32 Å². The molecule has 0 spiro atoms. The van der Waals surface area contributed by atoms with Gasteiger partial charge in [-0.2, -0.15) is 0 Å². The number of allylic oxidation sites excluding steroid dienone is 2. The number of unbranched alkanes of at least 4 members (excludes halogenated alkanes) is 1. The lowest BCUT2D eigenvalue weighted by Crippen LogP contribution is -2.49. The standard InChI is InChI=1S/C24H44N2O3.C9H19N.2C5H12.C2H6O.C2H4O.4C2H6/c1-6-7-10-19(21(27)15-29-16-25)13-12-18-9-8-11-20(14-18)22(28)23(26)24(4,5)17(2)3;1-3-9(10-2)7-5-4-6-8-9;2*1-4-5(2)3;2*1-2-3;4*1-2/h8-9,17-20,23H,6-7,10-16,25-26H2,1-5H3;10H,3-8H2,1-2H3;2*5H,4H2,1-3H3;3H,2H2,1H3;2H,1H3;4*1-2H3/t18-,19+,20?,23+;;;;;;;;;/m0........./s1. The van der Waals surface area contributed by atoms with Crippen molar-refractivity contribution in [2.24, 2.45) is 52.4 Å². The molecule has 8 heteroatoms. The highest BCUT2D eigenvalue weighted by molar-refractivity contribution is 5.87. The molecule has 0 aromatic carbocycles. The Hall–Kier alpha value is -1.45. The topological polar surface area (TPSA) is 145 Å². The Morgan fingerprint density at radius 1 is 0.857 bits per heavy atom. The van der Waals surface area contributed by atoms with Crippen molar-refractivity contribution < 1.29 is 24.2 Å². The van der Waals surface area contributed by atoms with E-state index in [0.717, 1.165) is 63.1 Å². The molecule has 6 N–H and O–H groups in total. The maximum atomic E-state index is 13.1. The van der Waals surface area contributed by atoms with E-state index in [-0.39, 0.29) is 48.8 Å². The van der Waals surface area contributed by atoms with E-state index in [1.807, 2.05) is 55.4 Å². The van der Waals surface area contributed by atoms with E-state index in [1.54, 1.807) is 6.92 Å². The first-order valence-corrected chi connectivity index (χ1v) is 26.3. The Kier molecular flexibility index (Phi) is 73.2. The SMILES string of the molecule is CC.CC.CC.CC.CC=O.CCC(C)C.CCC(C)C.CCC1(NC)CCCCC1.CCCC[C@H](CC[C@@H]1C=CCC(C(=O)[C@@H](N)C(C)(C)C(C)C)C1)C(=O)COCN.CCO. The summed E-state index contributed by atoms with van der Waals surface area (Å²) in [4.78, 5) is 34.3. The van der Waals surface area contributed by atoms with Gasteiger partial charge in [0.2, 0.25) is 0 Å². The van der Waals surface area contributed by atoms with Crippen LogP contribution >= 0.6 is 0 Å². The van der Waals surface area contributed by atoms with Crippen LogP contribution in [0, 0.1) is 40.9 Å². The quantitative estimate of drug-likeness (QED) is 0.0604. The van der Waals surface area contributed by atoms with Crippen LogP contribution < -0.4 is 16.8 Å². The molecule has 0 aromatic heterocycles. The number of hydrogen-bond donors (Lipinski definition) is 4. The van der Waals surface area contributed by atoms with Crippen molar-refractivity contribution in [2.45, 2.75) is 260 Å². The first-order chi connectivity index (χ1) is 29.8. The monoisotopic (exact) mass is 904 g/mol. The molecule has 4 atom stereocenters. The number of rotatable bonds is 18. The van der Waals surface area contributed by atoms with Gasteiger partial charge in [-0.25, -0.2) is 0 Å². The molecule has 0 heterocycles. The normalized spacial score (nSPS) is 16.4.